The number of benzene rings is 1. The van der Waals surface area contributed by atoms with Crippen LogP contribution in [-0.2, 0) is 15.1 Å². The zero-order valence-electron chi connectivity index (χ0n) is 15.3. The van der Waals surface area contributed by atoms with E-state index in [-0.39, 0.29) is 17.4 Å². The summed E-state index contributed by atoms with van der Waals surface area (Å²) in [5.74, 6) is 0.294. The van der Waals surface area contributed by atoms with E-state index in [4.69, 9.17) is 4.74 Å². The lowest BCUT2D eigenvalue weighted by atomic mass is 9.62. The molecule has 4 nitrogen and oxygen atoms in total. The molecule has 0 radical (unpaired) electrons. The fourth-order valence-electron chi connectivity index (χ4n) is 5.21. The number of aliphatic hydroxyl groups is 1. The van der Waals surface area contributed by atoms with Crippen LogP contribution < -0.4 is 0 Å². The van der Waals surface area contributed by atoms with Crippen molar-refractivity contribution in [1.29, 1.82) is 0 Å². The van der Waals surface area contributed by atoms with Crippen LogP contribution in [0.4, 0.5) is 0 Å². The van der Waals surface area contributed by atoms with Crippen molar-refractivity contribution in [3.8, 4) is 0 Å². The number of hydrogen-bond acceptors (Lipinski definition) is 3. The molecular formula is C21H29NO3. The molecule has 4 heteroatoms. The van der Waals surface area contributed by atoms with Gasteiger partial charge in [0.1, 0.15) is 0 Å². The molecule has 3 fully saturated rings. The maximum absolute atomic E-state index is 12.5. The molecule has 25 heavy (non-hydrogen) atoms. The molecule has 136 valence electrons. The average molecular weight is 343 g/mol. The van der Waals surface area contributed by atoms with Crippen LogP contribution in [0.1, 0.15) is 51.0 Å². The van der Waals surface area contributed by atoms with Gasteiger partial charge in [0.2, 0.25) is 5.91 Å². The van der Waals surface area contributed by atoms with Gasteiger partial charge in [-0.15, -0.1) is 0 Å². The quantitative estimate of drug-likeness (QED) is 0.917. The number of amides is 1. The molecule has 1 amide bonds. The van der Waals surface area contributed by atoms with E-state index >= 15 is 0 Å². The van der Waals surface area contributed by atoms with Gasteiger partial charge in [-0.25, -0.2) is 0 Å². The van der Waals surface area contributed by atoms with Gasteiger partial charge in [0.05, 0.1) is 11.2 Å². The smallest absolute Gasteiger partial charge is 0.225 e. The number of methoxy groups -OCH3 is 1. The fraction of sp³-hybridized carbons (Fsp3) is 0.667. The zero-order chi connectivity index (χ0) is 17.7. The van der Waals surface area contributed by atoms with E-state index in [0.29, 0.717) is 18.3 Å². The minimum Gasteiger partial charge on any atom is -0.390 e. The van der Waals surface area contributed by atoms with Crippen LogP contribution in [0.15, 0.2) is 30.3 Å². The Bertz CT molecular complexity index is 630. The average Bonchev–Trinajstić information content (AvgIpc) is 2.58. The molecular weight excluding hydrogens is 314 g/mol. The molecule has 2 aliphatic carbocycles. The van der Waals surface area contributed by atoms with Crippen molar-refractivity contribution in [2.24, 2.45) is 11.3 Å². The summed E-state index contributed by atoms with van der Waals surface area (Å²) in [4.78, 5) is 14.5. The van der Waals surface area contributed by atoms with E-state index in [1.165, 1.54) is 5.56 Å². The van der Waals surface area contributed by atoms with Crippen molar-refractivity contribution in [3.63, 3.8) is 0 Å². The second kappa shape index (κ2) is 5.82. The normalized spacial score (nSPS) is 32.8. The third-order valence-electron chi connectivity index (χ3n) is 6.89. The molecule has 0 aromatic heterocycles. The van der Waals surface area contributed by atoms with E-state index < -0.39 is 5.60 Å². The summed E-state index contributed by atoms with van der Waals surface area (Å²) in [6.07, 6.45) is 5.51. The van der Waals surface area contributed by atoms with Gasteiger partial charge in [0, 0.05) is 31.5 Å². The first-order valence-electron chi connectivity index (χ1n) is 9.49. The largest absolute Gasteiger partial charge is 0.390 e. The minimum atomic E-state index is -0.624. The topological polar surface area (TPSA) is 49.8 Å². The molecule has 1 heterocycles. The first-order chi connectivity index (χ1) is 11.9. The number of rotatable bonds is 3. The van der Waals surface area contributed by atoms with Crippen molar-refractivity contribution in [1.82, 2.24) is 4.90 Å². The Hall–Kier alpha value is -1.39. The highest BCUT2D eigenvalue weighted by molar-refractivity contribution is 5.81. The van der Waals surface area contributed by atoms with Crippen LogP contribution in [0.25, 0.3) is 0 Å². The highest BCUT2D eigenvalue weighted by atomic mass is 16.5. The molecule has 1 N–H and O–H groups in total. The Morgan fingerprint density at radius 2 is 1.72 bits per heavy atom. The van der Waals surface area contributed by atoms with E-state index in [9.17, 15) is 9.90 Å². The first-order valence-corrected chi connectivity index (χ1v) is 9.49. The Balaban J connectivity index is 1.35. The van der Waals surface area contributed by atoms with Gasteiger partial charge in [0.15, 0.2) is 0 Å². The van der Waals surface area contributed by atoms with Gasteiger partial charge in [-0.05, 0) is 51.0 Å². The SMILES string of the molecule is COC1(c2ccccc2)CCC2(CC1)CN(C(=O)[C@H]1C[C@@](C)(O)C1)C2. The number of carbonyl (C=O) groups is 1. The summed E-state index contributed by atoms with van der Waals surface area (Å²) in [5, 5.41) is 9.86. The van der Waals surface area contributed by atoms with Gasteiger partial charge in [-0.3, -0.25) is 4.79 Å². The molecule has 3 aliphatic rings. The summed E-state index contributed by atoms with van der Waals surface area (Å²) in [5.41, 5.74) is 0.778. The molecule has 1 aromatic rings. The predicted molar refractivity (Wildman–Crippen MR) is 96.0 cm³/mol. The van der Waals surface area contributed by atoms with Crippen LogP contribution in [0.5, 0.6) is 0 Å². The lowest BCUT2D eigenvalue weighted by molar-refractivity contribution is -0.168. The van der Waals surface area contributed by atoms with Crippen LogP contribution in [0.2, 0.25) is 0 Å². The molecule has 1 aliphatic heterocycles. The standard InChI is InChI=1S/C21H29NO3/c1-19(24)12-16(13-19)18(23)22-14-20(15-22)8-10-21(25-2,11-9-20)17-6-4-3-5-7-17/h3-7,16,24H,8-15H2,1-2H3/t16-,19+. The molecule has 0 atom stereocenters. The molecule has 1 spiro atoms. The third-order valence-corrected chi connectivity index (χ3v) is 6.89. The van der Waals surface area contributed by atoms with Crippen LogP contribution in [0, 0.1) is 11.3 Å². The van der Waals surface area contributed by atoms with Gasteiger partial charge < -0.3 is 14.7 Å². The van der Waals surface area contributed by atoms with E-state index in [2.05, 4.69) is 24.3 Å². The van der Waals surface area contributed by atoms with Gasteiger partial charge in [-0.1, -0.05) is 30.3 Å². The molecule has 2 saturated carbocycles. The summed E-state index contributed by atoms with van der Waals surface area (Å²) in [6, 6.07) is 10.5. The van der Waals surface area contributed by atoms with Crippen LogP contribution in [0.3, 0.4) is 0 Å². The van der Waals surface area contributed by atoms with Crippen LogP contribution >= 0.6 is 0 Å². The molecule has 1 saturated heterocycles. The van der Waals surface area contributed by atoms with Crippen molar-refractivity contribution < 1.29 is 14.6 Å². The van der Waals surface area contributed by atoms with Crippen molar-refractivity contribution in [2.45, 2.75) is 56.7 Å². The Labute approximate surface area is 150 Å². The maximum Gasteiger partial charge on any atom is 0.225 e. The number of ether oxygens (including phenoxy) is 1. The molecule has 0 unspecified atom stereocenters. The lowest BCUT2D eigenvalue weighted by Gasteiger charge is -2.57. The van der Waals surface area contributed by atoms with Crippen molar-refractivity contribution in [3.05, 3.63) is 35.9 Å². The highest BCUT2D eigenvalue weighted by Crippen LogP contribution is 2.52. The van der Waals surface area contributed by atoms with Gasteiger partial charge in [-0.2, -0.15) is 0 Å². The van der Waals surface area contributed by atoms with Gasteiger partial charge >= 0.3 is 0 Å². The van der Waals surface area contributed by atoms with E-state index in [1.54, 1.807) is 0 Å². The lowest BCUT2D eigenvalue weighted by Crippen LogP contribution is -2.63. The number of carbonyl (C=O) groups excluding carboxylic acids is 1. The minimum absolute atomic E-state index is 0.0401. The Morgan fingerprint density at radius 1 is 1.12 bits per heavy atom. The van der Waals surface area contributed by atoms with Crippen molar-refractivity contribution in [2.75, 3.05) is 20.2 Å². The maximum atomic E-state index is 12.5. The summed E-state index contributed by atoms with van der Waals surface area (Å²) >= 11 is 0. The second-order valence-corrected chi connectivity index (χ2v) is 8.86. The summed E-state index contributed by atoms with van der Waals surface area (Å²) in [7, 11) is 1.82. The first kappa shape index (κ1) is 17.0. The van der Waals surface area contributed by atoms with E-state index in [1.807, 2.05) is 25.0 Å². The monoisotopic (exact) mass is 343 g/mol. The molecule has 4 rings (SSSR count). The Morgan fingerprint density at radius 3 is 2.24 bits per heavy atom. The summed E-state index contributed by atoms with van der Waals surface area (Å²) < 4.78 is 5.98. The number of nitrogens with zero attached hydrogens (tertiary/aromatic N) is 1. The number of hydrogen-bond donors (Lipinski definition) is 1. The predicted octanol–water partition coefficient (Wildman–Crippen LogP) is 3.09. The van der Waals surface area contributed by atoms with E-state index in [0.717, 1.165) is 38.8 Å². The highest BCUT2D eigenvalue weighted by Gasteiger charge is 2.53. The summed E-state index contributed by atoms with van der Waals surface area (Å²) in [6.45, 7) is 3.60. The van der Waals surface area contributed by atoms with Crippen molar-refractivity contribution >= 4 is 5.91 Å². The number of likely N-dealkylation sites (tertiary alicyclic amines) is 1. The third kappa shape index (κ3) is 2.89. The second-order valence-electron chi connectivity index (χ2n) is 8.86. The zero-order valence-corrected chi connectivity index (χ0v) is 15.3. The van der Waals surface area contributed by atoms with Crippen LogP contribution in [-0.4, -0.2) is 41.7 Å². The fourth-order valence-corrected chi connectivity index (χ4v) is 5.21. The Kier molecular flexibility index (Phi) is 3.97. The van der Waals surface area contributed by atoms with Gasteiger partial charge in [0.25, 0.3) is 0 Å². The molecule has 1 aromatic carbocycles. The molecule has 0 bridgehead atoms.